The Morgan fingerprint density at radius 1 is 1.39 bits per heavy atom. The van der Waals surface area contributed by atoms with Gasteiger partial charge in [-0.05, 0) is 23.8 Å². The Balaban J connectivity index is 2.10. The molecule has 1 saturated heterocycles. The molecule has 8 nitrogen and oxygen atoms in total. The average molecular weight is 336 g/mol. The Morgan fingerprint density at radius 2 is 2.13 bits per heavy atom. The average Bonchev–Trinajstić information content (AvgIpc) is 2.54. The molecule has 0 bridgehead atoms. The molecule has 23 heavy (non-hydrogen) atoms. The summed E-state index contributed by atoms with van der Waals surface area (Å²) in [6.45, 7) is 0. The summed E-state index contributed by atoms with van der Waals surface area (Å²) < 4.78 is 10.3. The van der Waals surface area contributed by atoms with Gasteiger partial charge in [-0.1, -0.05) is 11.8 Å². The van der Waals surface area contributed by atoms with Gasteiger partial charge in [0.25, 0.3) is 0 Å². The number of amidine groups is 1. The minimum absolute atomic E-state index is 0.118. The second kappa shape index (κ2) is 7.63. The van der Waals surface area contributed by atoms with E-state index < -0.39 is 17.1 Å². The Kier molecular flexibility index (Phi) is 5.58. The van der Waals surface area contributed by atoms with Crippen LogP contribution in [0.3, 0.4) is 0 Å². The molecule has 0 spiro atoms. The molecule has 1 aliphatic heterocycles. The molecule has 1 N–H and O–H groups in total. The standard InChI is InChI=1S/C14H15N3O5S/c1-21-9-4-3-8(5-10(9)22-2)7-15-17-14-16-12(18)6-11(23-14)13(19)20/h3-5,7,11H,6H2,1-2H3,(H,19,20)(H,16,17,18)/p-1/b15-7-/t11-/m1/s1. The Morgan fingerprint density at radius 3 is 2.78 bits per heavy atom. The molecule has 0 radical (unpaired) electrons. The number of ether oxygens (including phenoxy) is 2. The van der Waals surface area contributed by atoms with Crippen molar-refractivity contribution in [3.63, 3.8) is 0 Å². The summed E-state index contributed by atoms with van der Waals surface area (Å²) in [4.78, 5) is 22.2. The first kappa shape index (κ1) is 16.8. The van der Waals surface area contributed by atoms with Crippen molar-refractivity contribution in [3.05, 3.63) is 23.8 Å². The van der Waals surface area contributed by atoms with E-state index in [1.165, 1.54) is 20.4 Å². The first-order valence-electron chi connectivity index (χ1n) is 6.54. The Hall–Kier alpha value is -2.55. The van der Waals surface area contributed by atoms with Crippen LogP contribution in [0.5, 0.6) is 11.5 Å². The van der Waals surface area contributed by atoms with Gasteiger partial charge in [0.15, 0.2) is 16.7 Å². The van der Waals surface area contributed by atoms with Crippen molar-refractivity contribution in [2.75, 3.05) is 14.2 Å². The maximum atomic E-state index is 11.4. The molecule has 1 amide bonds. The van der Waals surface area contributed by atoms with Gasteiger partial charge in [0.1, 0.15) is 0 Å². The van der Waals surface area contributed by atoms with Crippen LogP contribution in [0, 0.1) is 0 Å². The highest BCUT2D eigenvalue weighted by Gasteiger charge is 2.25. The number of carbonyl (C=O) groups excluding carboxylic acids is 2. The topological polar surface area (TPSA) is 112 Å². The lowest BCUT2D eigenvalue weighted by molar-refractivity contribution is -0.304. The molecule has 0 unspecified atom stereocenters. The molecule has 1 aromatic rings. The van der Waals surface area contributed by atoms with Gasteiger partial charge in [-0.25, -0.2) is 0 Å². The van der Waals surface area contributed by atoms with Crippen LogP contribution >= 0.6 is 11.8 Å². The number of rotatable bonds is 5. The van der Waals surface area contributed by atoms with E-state index in [9.17, 15) is 14.7 Å². The fourth-order valence-corrected chi connectivity index (χ4v) is 2.67. The molecule has 1 aromatic carbocycles. The summed E-state index contributed by atoms with van der Waals surface area (Å²) in [6.07, 6.45) is 1.30. The molecular weight excluding hydrogens is 322 g/mol. The third kappa shape index (κ3) is 4.46. The van der Waals surface area contributed by atoms with Crippen molar-refractivity contribution >= 4 is 35.0 Å². The Bertz CT molecular complexity index is 674. The zero-order valence-electron chi connectivity index (χ0n) is 12.4. The zero-order valence-corrected chi connectivity index (χ0v) is 13.3. The maximum absolute atomic E-state index is 11.4. The van der Waals surface area contributed by atoms with E-state index in [1.54, 1.807) is 18.2 Å². The van der Waals surface area contributed by atoms with Crippen LogP contribution in [0.4, 0.5) is 0 Å². The van der Waals surface area contributed by atoms with E-state index in [1.807, 2.05) is 0 Å². The zero-order chi connectivity index (χ0) is 16.8. The van der Waals surface area contributed by atoms with Crippen LogP contribution < -0.4 is 19.9 Å². The van der Waals surface area contributed by atoms with Crippen molar-refractivity contribution in [2.45, 2.75) is 11.7 Å². The molecule has 1 atom stereocenters. The number of carboxylic acid groups (broad SMARTS) is 1. The highest BCUT2D eigenvalue weighted by Crippen LogP contribution is 2.27. The van der Waals surface area contributed by atoms with Crippen LogP contribution in [0.15, 0.2) is 28.4 Å². The molecule has 0 saturated carbocycles. The molecule has 1 heterocycles. The van der Waals surface area contributed by atoms with Crippen molar-refractivity contribution in [1.82, 2.24) is 5.32 Å². The summed E-state index contributed by atoms with van der Waals surface area (Å²) in [6, 6.07) is 5.18. The molecule has 9 heteroatoms. The minimum atomic E-state index is -1.30. The quantitative estimate of drug-likeness (QED) is 0.587. The highest BCUT2D eigenvalue weighted by molar-refractivity contribution is 8.15. The van der Waals surface area contributed by atoms with E-state index in [-0.39, 0.29) is 11.6 Å². The number of benzene rings is 1. The van der Waals surface area contributed by atoms with Crippen LogP contribution in [-0.4, -0.2) is 42.7 Å². The van der Waals surface area contributed by atoms with Crippen LogP contribution in [0.25, 0.3) is 0 Å². The monoisotopic (exact) mass is 336 g/mol. The number of nitrogens with one attached hydrogen (secondary N) is 1. The second-order valence-electron chi connectivity index (χ2n) is 4.44. The van der Waals surface area contributed by atoms with E-state index in [4.69, 9.17) is 9.47 Å². The predicted octanol–water partition coefficient (Wildman–Crippen LogP) is -0.235. The summed E-state index contributed by atoms with van der Waals surface area (Å²) in [5, 5.41) is 20.1. The summed E-state index contributed by atoms with van der Waals surface area (Å²) in [5.74, 6) is -0.608. The smallest absolute Gasteiger partial charge is 0.227 e. The van der Waals surface area contributed by atoms with Crippen LogP contribution in [-0.2, 0) is 9.59 Å². The third-order valence-corrected chi connectivity index (χ3v) is 3.95. The molecule has 0 aliphatic carbocycles. The first-order valence-corrected chi connectivity index (χ1v) is 7.42. The van der Waals surface area contributed by atoms with E-state index in [0.29, 0.717) is 17.1 Å². The van der Waals surface area contributed by atoms with E-state index >= 15 is 0 Å². The number of amides is 1. The van der Waals surface area contributed by atoms with Crippen LogP contribution in [0.2, 0.25) is 0 Å². The number of nitrogens with zero attached hydrogens (tertiary/aromatic N) is 2. The number of hydrogen-bond acceptors (Lipinski definition) is 8. The lowest BCUT2D eigenvalue weighted by Crippen LogP contribution is -2.44. The highest BCUT2D eigenvalue weighted by atomic mass is 32.2. The SMILES string of the molecule is COc1ccc(/C=N\N=C2/NC(=O)C[C@H](C(=O)[O-])S2)cc1OC. The van der Waals surface area contributed by atoms with Crippen LogP contribution in [0.1, 0.15) is 12.0 Å². The van der Waals surface area contributed by atoms with Gasteiger partial charge in [0, 0.05) is 6.42 Å². The second-order valence-corrected chi connectivity index (χ2v) is 5.63. The number of carboxylic acids is 1. The van der Waals surface area contributed by atoms with Gasteiger partial charge in [-0.3, -0.25) is 4.79 Å². The lowest BCUT2D eigenvalue weighted by Gasteiger charge is -2.22. The minimum Gasteiger partial charge on any atom is -0.549 e. The molecule has 122 valence electrons. The van der Waals surface area contributed by atoms with Gasteiger partial charge in [-0.15, -0.1) is 5.10 Å². The van der Waals surface area contributed by atoms with Gasteiger partial charge in [0.2, 0.25) is 5.91 Å². The molecule has 1 fully saturated rings. The fourth-order valence-electron chi connectivity index (χ4n) is 1.81. The van der Waals surface area contributed by atoms with Gasteiger partial charge >= 0.3 is 0 Å². The third-order valence-electron chi connectivity index (χ3n) is 2.90. The summed E-state index contributed by atoms with van der Waals surface area (Å²) >= 11 is 0.890. The van der Waals surface area contributed by atoms with Crippen molar-refractivity contribution < 1.29 is 24.2 Å². The molecule has 1 aliphatic rings. The van der Waals surface area contributed by atoms with Gasteiger partial charge in [-0.2, -0.15) is 5.10 Å². The summed E-state index contributed by atoms with van der Waals surface area (Å²) in [5.41, 5.74) is 0.704. The number of carbonyl (C=O) groups is 2. The van der Waals surface area contributed by atoms with Gasteiger partial charge < -0.3 is 24.7 Å². The lowest BCUT2D eigenvalue weighted by atomic mass is 10.2. The number of methoxy groups -OCH3 is 2. The molecule has 2 rings (SSSR count). The summed E-state index contributed by atoms with van der Waals surface area (Å²) in [7, 11) is 3.06. The largest absolute Gasteiger partial charge is 0.549 e. The normalized spacial score (nSPS) is 19.7. The van der Waals surface area contributed by atoms with Crippen molar-refractivity contribution in [2.24, 2.45) is 10.2 Å². The first-order chi connectivity index (χ1) is 11.0. The predicted molar refractivity (Wildman–Crippen MR) is 83.7 cm³/mol. The number of aliphatic carboxylic acids is 1. The van der Waals surface area contributed by atoms with Crippen molar-refractivity contribution in [1.29, 1.82) is 0 Å². The fraction of sp³-hybridized carbons (Fsp3) is 0.286. The van der Waals surface area contributed by atoms with Crippen molar-refractivity contribution in [3.8, 4) is 11.5 Å². The number of hydrogen-bond donors (Lipinski definition) is 1. The number of thioether (sulfide) groups is 1. The van der Waals surface area contributed by atoms with Gasteiger partial charge in [0.05, 0.1) is 31.7 Å². The molecule has 0 aromatic heterocycles. The Labute approximate surface area is 136 Å². The maximum Gasteiger partial charge on any atom is 0.227 e. The van der Waals surface area contributed by atoms with E-state index in [0.717, 1.165) is 11.8 Å². The molecular formula is C14H14N3O5S-. The van der Waals surface area contributed by atoms with E-state index in [2.05, 4.69) is 15.5 Å².